The molecule has 0 amide bonds. The second kappa shape index (κ2) is 9.65. The van der Waals surface area contributed by atoms with Crippen molar-refractivity contribution in [3.63, 3.8) is 0 Å². The van der Waals surface area contributed by atoms with E-state index in [0.29, 0.717) is 6.42 Å². The fraction of sp³-hybridized carbons (Fsp3) is 0.571. The number of carbonyl (C=O) groups excluding carboxylic acids is 1. The summed E-state index contributed by atoms with van der Waals surface area (Å²) in [6.07, 6.45) is 2.10. The van der Waals surface area contributed by atoms with Gasteiger partial charge < -0.3 is 0 Å². The lowest BCUT2D eigenvalue weighted by Gasteiger charge is -1.75. The number of hydrogen-bond donors (Lipinski definition) is 0. The fourth-order valence-corrected chi connectivity index (χ4v) is 0.203. The Hall–Kier alpha value is -0.590. The largest absolute Gasteiger partial charge is 0.300 e. The van der Waals surface area contributed by atoms with E-state index in [1.807, 2.05) is 13.8 Å². The molecule has 0 aromatic carbocycles. The van der Waals surface area contributed by atoms with Crippen molar-refractivity contribution in [2.75, 3.05) is 0 Å². The Morgan fingerprint density at radius 1 is 1.62 bits per heavy atom. The zero-order chi connectivity index (χ0) is 6.99. The van der Waals surface area contributed by atoms with Crippen molar-refractivity contribution in [2.24, 2.45) is 0 Å². The topological polar surface area (TPSA) is 17.1 Å². The van der Waals surface area contributed by atoms with Gasteiger partial charge in [0.05, 0.1) is 0 Å². The highest BCUT2D eigenvalue weighted by molar-refractivity contribution is 5.76. The fourth-order valence-electron chi connectivity index (χ4n) is 0.203. The first-order chi connectivity index (χ1) is 3.77. The highest BCUT2D eigenvalue weighted by Crippen LogP contribution is 1.77. The van der Waals surface area contributed by atoms with E-state index >= 15 is 0 Å². The highest BCUT2D eigenvalue weighted by atomic mass is 16.1. The van der Waals surface area contributed by atoms with E-state index in [4.69, 9.17) is 0 Å². The molecule has 0 aliphatic rings. The van der Waals surface area contributed by atoms with Crippen LogP contribution in [0.5, 0.6) is 0 Å². The summed E-state index contributed by atoms with van der Waals surface area (Å²) in [4.78, 5) is 9.97. The van der Waals surface area contributed by atoms with Crippen LogP contribution in [0.15, 0.2) is 12.7 Å². The van der Waals surface area contributed by atoms with Crippen LogP contribution >= 0.6 is 0 Å². The molecule has 0 fully saturated rings. The zero-order valence-corrected chi connectivity index (χ0v) is 5.90. The summed E-state index contributed by atoms with van der Waals surface area (Å²) in [5.74, 6) is 0.171. The smallest absolute Gasteiger partial charge is 0.133 e. The van der Waals surface area contributed by atoms with Crippen LogP contribution < -0.4 is 0 Å². The van der Waals surface area contributed by atoms with Crippen LogP contribution in [0, 0.1) is 0 Å². The van der Waals surface area contributed by atoms with Gasteiger partial charge in [-0.1, -0.05) is 19.9 Å². The summed E-state index contributed by atoms with van der Waals surface area (Å²) < 4.78 is 0. The van der Waals surface area contributed by atoms with Gasteiger partial charge >= 0.3 is 0 Å². The summed E-state index contributed by atoms with van der Waals surface area (Å²) in [6.45, 7) is 8.92. The first-order valence-corrected chi connectivity index (χ1v) is 2.87. The van der Waals surface area contributed by atoms with Gasteiger partial charge in [-0.3, -0.25) is 4.79 Å². The number of hydrogen-bond acceptors (Lipinski definition) is 1. The second-order valence-corrected chi connectivity index (χ2v) is 1.19. The average Bonchev–Trinajstić information content (AvgIpc) is 1.72. The SMILES string of the molecule is C=CCC(C)=O.CC. The molecular formula is C7H14O. The van der Waals surface area contributed by atoms with E-state index < -0.39 is 0 Å². The lowest BCUT2D eigenvalue weighted by Crippen LogP contribution is -1.81. The van der Waals surface area contributed by atoms with Gasteiger partial charge in [-0.15, -0.1) is 6.58 Å². The van der Waals surface area contributed by atoms with Crippen molar-refractivity contribution in [1.82, 2.24) is 0 Å². The Labute approximate surface area is 51.4 Å². The molecule has 0 unspecified atom stereocenters. The number of rotatable bonds is 2. The minimum Gasteiger partial charge on any atom is -0.300 e. The quantitative estimate of drug-likeness (QED) is 0.503. The lowest BCUT2D eigenvalue weighted by molar-refractivity contribution is -0.116. The Morgan fingerprint density at radius 2 is 2.00 bits per heavy atom. The standard InChI is InChI=1S/C5H8O.C2H6/c1-3-4-5(2)6;1-2/h3H,1,4H2,2H3;1-2H3. The van der Waals surface area contributed by atoms with Crippen molar-refractivity contribution in [3.8, 4) is 0 Å². The van der Waals surface area contributed by atoms with E-state index in [1.165, 1.54) is 0 Å². The molecule has 0 radical (unpaired) electrons. The normalized spacial score (nSPS) is 6.38. The van der Waals surface area contributed by atoms with Crippen molar-refractivity contribution in [3.05, 3.63) is 12.7 Å². The molecule has 0 atom stereocenters. The van der Waals surface area contributed by atoms with Crippen LogP contribution in [0.4, 0.5) is 0 Å². The monoisotopic (exact) mass is 114 g/mol. The third-order valence-electron chi connectivity index (χ3n) is 0.432. The summed E-state index contributed by atoms with van der Waals surface area (Å²) in [7, 11) is 0. The number of carbonyl (C=O) groups is 1. The minimum absolute atomic E-state index is 0.171. The van der Waals surface area contributed by atoms with Crippen LogP contribution in [0.2, 0.25) is 0 Å². The molecule has 0 heterocycles. The summed E-state index contributed by atoms with van der Waals surface area (Å²) in [5, 5.41) is 0. The molecular weight excluding hydrogens is 100 g/mol. The van der Waals surface area contributed by atoms with Crippen LogP contribution in [-0.4, -0.2) is 5.78 Å². The lowest BCUT2D eigenvalue weighted by atomic mass is 10.3. The molecule has 0 aliphatic carbocycles. The van der Waals surface area contributed by atoms with E-state index in [-0.39, 0.29) is 5.78 Å². The predicted molar refractivity (Wildman–Crippen MR) is 36.8 cm³/mol. The van der Waals surface area contributed by atoms with Gasteiger partial charge in [0.1, 0.15) is 5.78 Å². The van der Waals surface area contributed by atoms with Crippen molar-refractivity contribution < 1.29 is 4.79 Å². The van der Waals surface area contributed by atoms with Crippen LogP contribution in [-0.2, 0) is 4.79 Å². The maximum atomic E-state index is 9.97. The van der Waals surface area contributed by atoms with Crippen LogP contribution in [0.25, 0.3) is 0 Å². The summed E-state index contributed by atoms with van der Waals surface area (Å²) in [5.41, 5.74) is 0. The van der Waals surface area contributed by atoms with Gasteiger partial charge in [0, 0.05) is 6.42 Å². The highest BCUT2D eigenvalue weighted by Gasteiger charge is 1.80. The molecule has 0 spiro atoms. The molecule has 0 saturated heterocycles. The van der Waals surface area contributed by atoms with Crippen molar-refractivity contribution in [1.29, 1.82) is 0 Å². The molecule has 0 bridgehead atoms. The van der Waals surface area contributed by atoms with E-state index in [2.05, 4.69) is 6.58 Å². The predicted octanol–water partition coefficient (Wildman–Crippen LogP) is 2.18. The van der Waals surface area contributed by atoms with Crippen molar-refractivity contribution >= 4 is 5.78 Å². The van der Waals surface area contributed by atoms with Gasteiger partial charge in [0.2, 0.25) is 0 Å². The molecule has 0 aromatic rings. The molecule has 0 aromatic heterocycles. The molecule has 0 N–H and O–H groups in total. The Balaban J connectivity index is 0. The average molecular weight is 114 g/mol. The first-order valence-electron chi connectivity index (χ1n) is 2.87. The second-order valence-electron chi connectivity index (χ2n) is 1.19. The molecule has 1 heteroatoms. The first kappa shape index (κ1) is 10.4. The maximum absolute atomic E-state index is 9.97. The molecule has 8 heavy (non-hydrogen) atoms. The summed E-state index contributed by atoms with van der Waals surface area (Å²) in [6, 6.07) is 0. The Kier molecular flexibility index (Phi) is 12.5. The minimum atomic E-state index is 0.171. The third kappa shape index (κ3) is 18.1. The molecule has 0 aliphatic heterocycles. The molecule has 1 nitrogen and oxygen atoms in total. The molecule has 0 rings (SSSR count). The number of allylic oxidation sites excluding steroid dienone is 1. The zero-order valence-electron chi connectivity index (χ0n) is 5.90. The number of Topliss-reactive ketones (excluding diaryl/α,β-unsaturated/α-hetero) is 1. The molecule has 0 saturated carbocycles. The Bertz CT molecular complexity index is 64.8. The van der Waals surface area contributed by atoms with Gasteiger partial charge in [-0.2, -0.15) is 0 Å². The Morgan fingerprint density at radius 3 is 2.00 bits per heavy atom. The van der Waals surface area contributed by atoms with Crippen LogP contribution in [0.1, 0.15) is 27.2 Å². The van der Waals surface area contributed by atoms with E-state index in [1.54, 1.807) is 13.0 Å². The van der Waals surface area contributed by atoms with E-state index in [0.717, 1.165) is 0 Å². The third-order valence-corrected chi connectivity index (χ3v) is 0.432. The van der Waals surface area contributed by atoms with Gasteiger partial charge in [0.15, 0.2) is 0 Å². The number of ketones is 1. The van der Waals surface area contributed by atoms with Gasteiger partial charge in [-0.05, 0) is 6.92 Å². The maximum Gasteiger partial charge on any atom is 0.133 e. The van der Waals surface area contributed by atoms with E-state index in [9.17, 15) is 4.79 Å². The molecule has 48 valence electrons. The van der Waals surface area contributed by atoms with Gasteiger partial charge in [0.25, 0.3) is 0 Å². The van der Waals surface area contributed by atoms with Crippen LogP contribution in [0.3, 0.4) is 0 Å². The van der Waals surface area contributed by atoms with Gasteiger partial charge in [-0.25, -0.2) is 0 Å². The van der Waals surface area contributed by atoms with Crippen molar-refractivity contribution in [2.45, 2.75) is 27.2 Å². The summed E-state index contributed by atoms with van der Waals surface area (Å²) >= 11 is 0.